The summed E-state index contributed by atoms with van der Waals surface area (Å²) in [4.78, 5) is 13.9. The minimum atomic E-state index is 0.215. The highest BCUT2D eigenvalue weighted by Gasteiger charge is 2.37. The summed E-state index contributed by atoms with van der Waals surface area (Å²) in [6, 6.07) is 9.12. The van der Waals surface area contributed by atoms with Crippen LogP contribution in [0.1, 0.15) is 24.8 Å². The minimum Gasteiger partial charge on any atom is -0.497 e. The zero-order valence-corrected chi connectivity index (χ0v) is 11.3. The molecule has 1 aromatic carbocycles. The summed E-state index contributed by atoms with van der Waals surface area (Å²) in [5, 5.41) is 3.11. The Morgan fingerprint density at radius 2 is 2.11 bits per heavy atom. The fourth-order valence-corrected chi connectivity index (χ4v) is 3.19. The van der Waals surface area contributed by atoms with Crippen molar-refractivity contribution in [3.63, 3.8) is 0 Å². The van der Waals surface area contributed by atoms with Gasteiger partial charge in [-0.15, -0.1) is 0 Å². The van der Waals surface area contributed by atoms with E-state index in [1.54, 1.807) is 7.11 Å². The van der Waals surface area contributed by atoms with Crippen molar-refractivity contribution < 1.29 is 9.53 Å². The van der Waals surface area contributed by atoms with Gasteiger partial charge in [0.05, 0.1) is 7.11 Å². The number of methoxy groups -OCH3 is 1. The summed E-state index contributed by atoms with van der Waals surface area (Å²) in [7, 11) is 1.69. The van der Waals surface area contributed by atoms with Gasteiger partial charge in [-0.2, -0.15) is 0 Å². The highest BCUT2D eigenvalue weighted by molar-refractivity contribution is 5.77. The SMILES string of the molecule is COc1ccc(CN2CC[C@@H]3NC(=O)CC[C@@H]32)cc1. The quantitative estimate of drug-likeness (QED) is 0.896. The predicted molar refractivity (Wildman–Crippen MR) is 73.0 cm³/mol. The molecule has 1 amide bonds. The molecule has 0 unspecified atom stereocenters. The molecule has 0 aliphatic carbocycles. The average molecular weight is 260 g/mol. The van der Waals surface area contributed by atoms with Gasteiger partial charge in [-0.05, 0) is 30.5 Å². The van der Waals surface area contributed by atoms with Gasteiger partial charge in [-0.3, -0.25) is 9.69 Å². The molecule has 2 heterocycles. The van der Waals surface area contributed by atoms with E-state index >= 15 is 0 Å². The Balaban J connectivity index is 1.65. The molecule has 0 radical (unpaired) electrons. The van der Waals surface area contributed by atoms with E-state index in [1.165, 1.54) is 5.56 Å². The molecule has 4 heteroatoms. The standard InChI is InChI=1S/C15H20N2O2/c1-19-12-4-2-11(3-5-12)10-17-9-8-13-14(17)6-7-15(18)16-13/h2-5,13-14H,6-10H2,1H3,(H,16,18)/t13-,14-/m0/s1. The molecule has 3 rings (SSSR count). The summed E-state index contributed by atoms with van der Waals surface area (Å²) < 4.78 is 5.18. The van der Waals surface area contributed by atoms with Crippen molar-refractivity contribution in [2.75, 3.05) is 13.7 Å². The number of carbonyl (C=O) groups is 1. The molecule has 0 bridgehead atoms. The van der Waals surface area contributed by atoms with Gasteiger partial charge in [0.15, 0.2) is 0 Å². The number of ether oxygens (including phenoxy) is 1. The smallest absolute Gasteiger partial charge is 0.220 e. The van der Waals surface area contributed by atoms with Crippen LogP contribution in [0, 0.1) is 0 Å². The first-order valence-electron chi connectivity index (χ1n) is 6.92. The van der Waals surface area contributed by atoms with Crippen LogP contribution in [0.25, 0.3) is 0 Å². The van der Waals surface area contributed by atoms with Gasteiger partial charge in [-0.25, -0.2) is 0 Å². The Kier molecular flexibility index (Phi) is 3.42. The minimum absolute atomic E-state index is 0.215. The van der Waals surface area contributed by atoms with Gasteiger partial charge in [-0.1, -0.05) is 12.1 Å². The van der Waals surface area contributed by atoms with E-state index in [9.17, 15) is 4.79 Å². The number of amides is 1. The van der Waals surface area contributed by atoms with Crippen LogP contribution < -0.4 is 10.1 Å². The third-order valence-corrected chi connectivity index (χ3v) is 4.22. The second kappa shape index (κ2) is 5.21. The Bertz CT molecular complexity index is 458. The van der Waals surface area contributed by atoms with E-state index in [1.807, 2.05) is 12.1 Å². The molecule has 2 aliphatic rings. The Morgan fingerprint density at radius 3 is 2.84 bits per heavy atom. The second-order valence-corrected chi connectivity index (χ2v) is 5.39. The van der Waals surface area contributed by atoms with Gasteiger partial charge in [0, 0.05) is 31.6 Å². The number of rotatable bonds is 3. The molecule has 2 aliphatic heterocycles. The van der Waals surface area contributed by atoms with Crippen LogP contribution in [0.3, 0.4) is 0 Å². The summed E-state index contributed by atoms with van der Waals surface area (Å²) in [5.41, 5.74) is 1.30. The highest BCUT2D eigenvalue weighted by atomic mass is 16.5. The van der Waals surface area contributed by atoms with E-state index < -0.39 is 0 Å². The van der Waals surface area contributed by atoms with Crippen molar-refractivity contribution in [2.24, 2.45) is 0 Å². The Labute approximate surface area is 113 Å². The first kappa shape index (κ1) is 12.5. The fraction of sp³-hybridized carbons (Fsp3) is 0.533. The highest BCUT2D eigenvalue weighted by Crippen LogP contribution is 2.27. The number of nitrogens with zero attached hydrogens (tertiary/aromatic N) is 1. The molecular formula is C15H20N2O2. The number of hydrogen-bond donors (Lipinski definition) is 1. The Morgan fingerprint density at radius 1 is 1.32 bits per heavy atom. The molecule has 0 aromatic heterocycles. The van der Waals surface area contributed by atoms with Crippen molar-refractivity contribution in [1.29, 1.82) is 0 Å². The number of likely N-dealkylation sites (tertiary alicyclic amines) is 1. The van der Waals surface area contributed by atoms with Gasteiger partial charge >= 0.3 is 0 Å². The number of fused-ring (bicyclic) bond motifs is 1. The van der Waals surface area contributed by atoms with Crippen LogP contribution in [0.15, 0.2) is 24.3 Å². The summed E-state index contributed by atoms with van der Waals surface area (Å²) in [6.45, 7) is 2.03. The maximum atomic E-state index is 11.4. The van der Waals surface area contributed by atoms with Gasteiger partial charge < -0.3 is 10.1 Å². The number of nitrogens with one attached hydrogen (secondary N) is 1. The molecule has 0 spiro atoms. The predicted octanol–water partition coefficient (Wildman–Crippen LogP) is 1.55. The molecule has 2 saturated heterocycles. The lowest BCUT2D eigenvalue weighted by Crippen LogP contribution is -2.49. The second-order valence-electron chi connectivity index (χ2n) is 5.39. The first-order chi connectivity index (χ1) is 9.26. The molecule has 1 aromatic rings. The lowest BCUT2D eigenvalue weighted by atomic mass is 9.99. The van der Waals surface area contributed by atoms with Gasteiger partial charge in [0.2, 0.25) is 5.91 Å². The number of carbonyl (C=O) groups excluding carboxylic acids is 1. The Hall–Kier alpha value is -1.55. The molecule has 2 atom stereocenters. The van der Waals surface area contributed by atoms with Crippen molar-refractivity contribution >= 4 is 5.91 Å². The largest absolute Gasteiger partial charge is 0.497 e. The van der Waals surface area contributed by atoms with Crippen LogP contribution >= 0.6 is 0 Å². The van der Waals surface area contributed by atoms with E-state index in [4.69, 9.17) is 4.74 Å². The summed E-state index contributed by atoms with van der Waals surface area (Å²) in [5.74, 6) is 1.11. The average Bonchev–Trinajstić information content (AvgIpc) is 2.82. The maximum Gasteiger partial charge on any atom is 0.220 e. The molecule has 0 saturated carbocycles. The fourth-order valence-electron chi connectivity index (χ4n) is 3.19. The van der Waals surface area contributed by atoms with Gasteiger partial charge in [0.25, 0.3) is 0 Å². The topological polar surface area (TPSA) is 41.6 Å². The van der Waals surface area contributed by atoms with E-state index in [0.29, 0.717) is 18.5 Å². The van der Waals surface area contributed by atoms with Crippen LogP contribution in [-0.4, -0.2) is 36.5 Å². The molecule has 19 heavy (non-hydrogen) atoms. The zero-order chi connectivity index (χ0) is 13.2. The molecule has 1 N–H and O–H groups in total. The maximum absolute atomic E-state index is 11.4. The number of benzene rings is 1. The van der Waals surface area contributed by atoms with E-state index in [0.717, 1.165) is 31.7 Å². The molecule has 4 nitrogen and oxygen atoms in total. The summed E-state index contributed by atoms with van der Waals surface area (Å²) >= 11 is 0. The van der Waals surface area contributed by atoms with Crippen molar-refractivity contribution in [3.8, 4) is 5.75 Å². The molecule has 102 valence electrons. The lowest BCUT2D eigenvalue weighted by molar-refractivity contribution is -0.124. The third-order valence-electron chi connectivity index (χ3n) is 4.22. The number of hydrogen-bond acceptors (Lipinski definition) is 3. The molecular weight excluding hydrogens is 240 g/mol. The van der Waals surface area contributed by atoms with Crippen LogP contribution in [0.5, 0.6) is 5.75 Å². The van der Waals surface area contributed by atoms with Crippen molar-refractivity contribution in [1.82, 2.24) is 10.2 Å². The summed E-state index contributed by atoms with van der Waals surface area (Å²) in [6.07, 6.45) is 2.74. The third kappa shape index (κ3) is 2.59. The molecule has 2 fully saturated rings. The number of piperidine rings is 1. The van der Waals surface area contributed by atoms with E-state index in [-0.39, 0.29) is 5.91 Å². The van der Waals surface area contributed by atoms with Crippen LogP contribution in [0.2, 0.25) is 0 Å². The van der Waals surface area contributed by atoms with Gasteiger partial charge in [0.1, 0.15) is 5.75 Å². The van der Waals surface area contributed by atoms with Crippen molar-refractivity contribution in [3.05, 3.63) is 29.8 Å². The monoisotopic (exact) mass is 260 g/mol. The zero-order valence-electron chi connectivity index (χ0n) is 11.3. The van der Waals surface area contributed by atoms with Crippen LogP contribution in [-0.2, 0) is 11.3 Å². The van der Waals surface area contributed by atoms with Crippen LogP contribution in [0.4, 0.5) is 0 Å². The lowest BCUT2D eigenvalue weighted by Gasteiger charge is -2.32. The van der Waals surface area contributed by atoms with E-state index in [2.05, 4.69) is 22.3 Å². The normalized spacial score (nSPS) is 26.9. The first-order valence-corrected chi connectivity index (χ1v) is 6.92. The van der Waals surface area contributed by atoms with Crippen molar-refractivity contribution in [2.45, 2.75) is 37.9 Å².